The molecule has 0 radical (unpaired) electrons. The van der Waals surface area contributed by atoms with E-state index < -0.39 is 11.7 Å². The monoisotopic (exact) mass is 318 g/mol. The summed E-state index contributed by atoms with van der Waals surface area (Å²) in [4.78, 5) is 28.4. The van der Waals surface area contributed by atoms with Crippen LogP contribution in [0.5, 0.6) is 0 Å². The van der Waals surface area contributed by atoms with Gasteiger partial charge in [-0.05, 0) is 30.3 Å². The standard InChI is InChI=1S/C15H8Cl2N2O2/c16-11-4-1-5-12(17)9(11)7-10-13(20)8-3-2-6-18-14(8)19-15(10)21/h1-7H,(H,18,19,21)/b10-7-. The predicted octanol–water partition coefficient (Wildman–Crippen LogP) is 3.61. The molecule has 3 rings (SSSR count). The highest BCUT2D eigenvalue weighted by atomic mass is 35.5. The van der Waals surface area contributed by atoms with Crippen molar-refractivity contribution >= 4 is 46.8 Å². The third kappa shape index (κ3) is 2.44. The lowest BCUT2D eigenvalue weighted by Gasteiger charge is -2.17. The van der Waals surface area contributed by atoms with Crippen molar-refractivity contribution in [1.29, 1.82) is 0 Å². The number of nitrogens with one attached hydrogen (secondary N) is 1. The molecular weight excluding hydrogens is 311 g/mol. The van der Waals surface area contributed by atoms with E-state index in [0.29, 0.717) is 21.2 Å². The molecular formula is C15H8Cl2N2O2. The summed E-state index contributed by atoms with van der Waals surface area (Å²) < 4.78 is 0. The minimum absolute atomic E-state index is 0.0227. The van der Waals surface area contributed by atoms with Crippen molar-refractivity contribution in [3.63, 3.8) is 0 Å². The molecule has 1 N–H and O–H groups in total. The fourth-order valence-corrected chi connectivity index (χ4v) is 2.54. The molecule has 4 nitrogen and oxygen atoms in total. The first kappa shape index (κ1) is 13.8. The van der Waals surface area contributed by atoms with Crippen molar-refractivity contribution in [1.82, 2.24) is 4.98 Å². The van der Waals surface area contributed by atoms with E-state index in [2.05, 4.69) is 10.3 Å². The van der Waals surface area contributed by atoms with Crippen molar-refractivity contribution in [2.45, 2.75) is 0 Å². The highest BCUT2D eigenvalue weighted by Crippen LogP contribution is 2.30. The predicted molar refractivity (Wildman–Crippen MR) is 81.6 cm³/mol. The molecule has 1 aliphatic rings. The molecule has 0 fully saturated rings. The smallest absolute Gasteiger partial charge is 0.260 e. The van der Waals surface area contributed by atoms with Crippen LogP contribution in [0.25, 0.3) is 6.08 Å². The van der Waals surface area contributed by atoms with Crippen LogP contribution in [-0.4, -0.2) is 16.7 Å². The fourth-order valence-electron chi connectivity index (χ4n) is 2.04. The van der Waals surface area contributed by atoms with Crippen LogP contribution >= 0.6 is 23.2 Å². The Labute approximate surface area is 130 Å². The highest BCUT2D eigenvalue weighted by Gasteiger charge is 2.29. The van der Waals surface area contributed by atoms with Crippen LogP contribution in [0.3, 0.4) is 0 Å². The van der Waals surface area contributed by atoms with Crippen molar-refractivity contribution in [3.8, 4) is 0 Å². The zero-order valence-electron chi connectivity index (χ0n) is 10.6. The van der Waals surface area contributed by atoms with Crippen LogP contribution < -0.4 is 5.32 Å². The Morgan fingerprint density at radius 3 is 2.48 bits per heavy atom. The van der Waals surface area contributed by atoms with Gasteiger partial charge >= 0.3 is 0 Å². The van der Waals surface area contributed by atoms with Crippen LogP contribution in [0.1, 0.15) is 15.9 Å². The molecule has 1 aromatic carbocycles. The van der Waals surface area contributed by atoms with Gasteiger partial charge in [-0.25, -0.2) is 4.98 Å². The van der Waals surface area contributed by atoms with E-state index in [9.17, 15) is 9.59 Å². The summed E-state index contributed by atoms with van der Waals surface area (Å²) in [5, 5.41) is 3.31. The molecule has 6 heteroatoms. The molecule has 0 aliphatic carbocycles. The number of anilines is 1. The number of halogens is 2. The number of carbonyl (C=O) groups is 2. The average Bonchev–Trinajstić information content (AvgIpc) is 2.46. The molecule has 0 atom stereocenters. The summed E-state index contributed by atoms with van der Waals surface area (Å²) in [6, 6.07) is 8.20. The minimum atomic E-state index is -0.526. The number of carbonyl (C=O) groups excluding carboxylic acids is 2. The maximum Gasteiger partial charge on any atom is 0.260 e. The van der Waals surface area contributed by atoms with Gasteiger partial charge in [-0.15, -0.1) is 0 Å². The van der Waals surface area contributed by atoms with Gasteiger partial charge in [0.2, 0.25) is 5.78 Å². The van der Waals surface area contributed by atoms with Crippen LogP contribution in [0.2, 0.25) is 10.0 Å². The highest BCUT2D eigenvalue weighted by molar-refractivity contribution is 6.39. The number of aromatic nitrogens is 1. The van der Waals surface area contributed by atoms with E-state index in [1.807, 2.05) is 0 Å². The first-order valence-electron chi connectivity index (χ1n) is 6.04. The van der Waals surface area contributed by atoms with Crippen molar-refractivity contribution in [3.05, 3.63) is 63.3 Å². The molecule has 0 unspecified atom stereocenters. The summed E-state index contributed by atoms with van der Waals surface area (Å²) >= 11 is 12.1. The maximum absolute atomic E-state index is 12.4. The number of hydrogen-bond donors (Lipinski definition) is 1. The first-order chi connectivity index (χ1) is 10.1. The molecule has 0 saturated carbocycles. The number of hydrogen-bond acceptors (Lipinski definition) is 3. The van der Waals surface area contributed by atoms with Gasteiger partial charge in [-0.2, -0.15) is 0 Å². The number of pyridine rings is 1. The molecule has 0 spiro atoms. The van der Waals surface area contributed by atoms with Gasteiger partial charge < -0.3 is 5.32 Å². The summed E-state index contributed by atoms with van der Waals surface area (Å²) in [6.45, 7) is 0. The number of rotatable bonds is 1. The van der Waals surface area contributed by atoms with Gasteiger partial charge in [0.1, 0.15) is 5.82 Å². The van der Waals surface area contributed by atoms with Crippen LogP contribution in [-0.2, 0) is 4.79 Å². The third-order valence-corrected chi connectivity index (χ3v) is 3.72. The second-order valence-corrected chi connectivity index (χ2v) is 5.19. The lowest BCUT2D eigenvalue weighted by atomic mass is 9.97. The summed E-state index contributed by atoms with van der Waals surface area (Å²) in [5.74, 6) is -0.671. The van der Waals surface area contributed by atoms with Crippen molar-refractivity contribution in [2.24, 2.45) is 0 Å². The van der Waals surface area contributed by atoms with Gasteiger partial charge in [0.15, 0.2) is 0 Å². The van der Waals surface area contributed by atoms with Gasteiger partial charge in [0.05, 0.1) is 11.1 Å². The summed E-state index contributed by atoms with van der Waals surface area (Å²) in [5.41, 5.74) is 0.753. The molecule has 2 aromatic rings. The van der Waals surface area contributed by atoms with Gasteiger partial charge in [-0.3, -0.25) is 9.59 Å². The summed E-state index contributed by atoms with van der Waals surface area (Å²) in [6.07, 6.45) is 2.91. The summed E-state index contributed by atoms with van der Waals surface area (Å²) in [7, 11) is 0. The second kappa shape index (κ2) is 5.31. The Hall–Kier alpha value is -2.17. The zero-order valence-corrected chi connectivity index (χ0v) is 12.1. The lowest BCUT2D eigenvalue weighted by Crippen LogP contribution is -2.28. The van der Waals surface area contributed by atoms with E-state index in [1.165, 1.54) is 12.3 Å². The largest absolute Gasteiger partial charge is 0.306 e. The van der Waals surface area contributed by atoms with E-state index in [-0.39, 0.29) is 11.4 Å². The number of benzene rings is 1. The Balaban J connectivity index is 2.13. The molecule has 1 aromatic heterocycles. The number of fused-ring (bicyclic) bond motifs is 1. The van der Waals surface area contributed by atoms with E-state index >= 15 is 0 Å². The van der Waals surface area contributed by atoms with E-state index in [4.69, 9.17) is 23.2 Å². The minimum Gasteiger partial charge on any atom is -0.306 e. The van der Waals surface area contributed by atoms with E-state index in [1.54, 1.807) is 30.3 Å². The Bertz CT molecular complexity index is 780. The number of Topliss-reactive ketones (excluding diaryl/α,β-unsaturated/α-hetero) is 1. The molecule has 0 saturated heterocycles. The van der Waals surface area contributed by atoms with Crippen molar-refractivity contribution < 1.29 is 9.59 Å². The van der Waals surface area contributed by atoms with Crippen molar-refractivity contribution in [2.75, 3.05) is 5.32 Å². The second-order valence-electron chi connectivity index (χ2n) is 4.38. The van der Waals surface area contributed by atoms with Gasteiger partial charge in [-0.1, -0.05) is 29.3 Å². The normalized spacial score (nSPS) is 15.8. The molecule has 1 amide bonds. The molecule has 2 heterocycles. The molecule has 1 aliphatic heterocycles. The first-order valence-corrected chi connectivity index (χ1v) is 6.80. The molecule has 21 heavy (non-hydrogen) atoms. The van der Waals surface area contributed by atoms with Crippen LogP contribution in [0.4, 0.5) is 5.82 Å². The van der Waals surface area contributed by atoms with Gasteiger partial charge in [0.25, 0.3) is 5.91 Å². The maximum atomic E-state index is 12.4. The number of nitrogens with zero attached hydrogens (tertiary/aromatic N) is 1. The Kier molecular flexibility index (Phi) is 3.49. The third-order valence-electron chi connectivity index (χ3n) is 3.06. The zero-order chi connectivity index (χ0) is 15.0. The topological polar surface area (TPSA) is 59.1 Å². The average molecular weight is 319 g/mol. The number of ketones is 1. The van der Waals surface area contributed by atoms with E-state index in [0.717, 1.165) is 0 Å². The lowest BCUT2D eigenvalue weighted by molar-refractivity contribution is -0.112. The van der Waals surface area contributed by atoms with Crippen LogP contribution in [0, 0.1) is 0 Å². The van der Waals surface area contributed by atoms with Gasteiger partial charge in [0, 0.05) is 21.8 Å². The Morgan fingerprint density at radius 1 is 1.05 bits per heavy atom. The molecule has 0 bridgehead atoms. The fraction of sp³-hybridized carbons (Fsp3) is 0. The molecule has 104 valence electrons. The number of amides is 1. The SMILES string of the molecule is O=C1Nc2ncccc2C(=O)/C1=C/c1c(Cl)cccc1Cl. The van der Waals surface area contributed by atoms with Crippen LogP contribution in [0.15, 0.2) is 42.1 Å². The Morgan fingerprint density at radius 2 is 1.76 bits per heavy atom. The quantitative estimate of drug-likeness (QED) is 0.645.